The zero-order valence-corrected chi connectivity index (χ0v) is 10.5. The SMILES string of the molecule is COc1ccccc1CNCC1CC(F)(F)C(=O)O1. The molecule has 2 rings (SSSR count). The molecule has 1 heterocycles. The molecule has 0 spiro atoms. The summed E-state index contributed by atoms with van der Waals surface area (Å²) in [6.45, 7) is 0.656. The summed E-state index contributed by atoms with van der Waals surface area (Å²) in [7, 11) is 1.57. The first-order valence-electron chi connectivity index (χ1n) is 5.94. The number of ether oxygens (including phenoxy) is 2. The van der Waals surface area contributed by atoms with E-state index in [9.17, 15) is 13.6 Å². The second kappa shape index (κ2) is 5.52. The molecule has 1 aliphatic rings. The van der Waals surface area contributed by atoms with Gasteiger partial charge in [0.1, 0.15) is 11.9 Å². The minimum Gasteiger partial charge on any atom is -0.496 e. The number of para-hydroxylation sites is 1. The summed E-state index contributed by atoms with van der Waals surface area (Å²) in [5.41, 5.74) is 0.918. The van der Waals surface area contributed by atoms with Crippen molar-refractivity contribution in [1.29, 1.82) is 0 Å². The smallest absolute Gasteiger partial charge is 0.377 e. The summed E-state index contributed by atoms with van der Waals surface area (Å²) in [6, 6.07) is 7.41. The Morgan fingerprint density at radius 2 is 2.21 bits per heavy atom. The fourth-order valence-corrected chi connectivity index (χ4v) is 1.98. The van der Waals surface area contributed by atoms with Gasteiger partial charge in [0.05, 0.1) is 13.5 Å². The average Bonchev–Trinajstić information content (AvgIpc) is 2.63. The van der Waals surface area contributed by atoms with E-state index in [1.807, 2.05) is 24.3 Å². The van der Waals surface area contributed by atoms with Gasteiger partial charge in [-0.3, -0.25) is 0 Å². The van der Waals surface area contributed by atoms with Crippen LogP contribution in [-0.2, 0) is 16.1 Å². The van der Waals surface area contributed by atoms with Crippen LogP contribution in [0.1, 0.15) is 12.0 Å². The van der Waals surface area contributed by atoms with Crippen LogP contribution in [-0.4, -0.2) is 31.7 Å². The van der Waals surface area contributed by atoms with Crippen molar-refractivity contribution in [3.8, 4) is 5.75 Å². The second-order valence-corrected chi connectivity index (χ2v) is 4.38. The van der Waals surface area contributed by atoms with E-state index in [0.29, 0.717) is 6.54 Å². The lowest BCUT2D eigenvalue weighted by atomic mass is 10.1. The van der Waals surface area contributed by atoms with E-state index in [-0.39, 0.29) is 6.54 Å². The van der Waals surface area contributed by atoms with Crippen LogP contribution in [0.4, 0.5) is 8.78 Å². The van der Waals surface area contributed by atoms with E-state index >= 15 is 0 Å². The number of methoxy groups -OCH3 is 1. The molecule has 1 saturated heterocycles. The summed E-state index contributed by atoms with van der Waals surface area (Å²) in [4.78, 5) is 10.8. The number of halogens is 2. The molecule has 0 aromatic heterocycles. The van der Waals surface area contributed by atoms with Crippen LogP contribution in [0.3, 0.4) is 0 Å². The van der Waals surface area contributed by atoms with E-state index in [0.717, 1.165) is 11.3 Å². The molecule has 1 N–H and O–H groups in total. The number of esters is 1. The number of alkyl halides is 2. The van der Waals surface area contributed by atoms with Crippen molar-refractivity contribution in [2.24, 2.45) is 0 Å². The van der Waals surface area contributed by atoms with Crippen molar-refractivity contribution >= 4 is 5.97 Å². The molecule has 6 heteroatoms. The molecule has 0 radical (unpaired) electrons. The van der Waals surface area contributed by atoms with Gasteiger partial charge < -0.3 is 14.8 Å². The Labute approximate surface area is 109 Å². The summed E-state index contributed by atoms with van der Waals surface area (Å²) in [6.07, 6.45) is -1.35. The van der Waals surface area contributed by atoms with Crippen molar-refractivity contribution in [3.05, 3.63) is 29.8 Å². The summed E-state index contributed by atoms with van der Waals surface area (Å²) < 4.78 is 35.6. The lowest BCUT2D eigenvalue weighted by molar-refractivity contribution is -0.159. The van der Waals surface area contributed by atoms with Gasteiger partial charge in [0.15, 0.2) is 0 Å². The predicted octanol–water partition coefficient (Wildman–Crippen LogP) is 1.74. The maximum absolute atomic E-state index is 12.9. The number of carbonyl (C=O) groups excluding carboxylic acids is 1. The summed E-state index contributed by atoms with van der Waals surface area (Å²) in [5, 5.41) is 2.99. The third kappa shape index (κ3) is 3.20. The molecule has 1 unspecified atom stereocenters. The molecule has 0 aliphatic carbocycles. The number of rotatable bonds is 5. The zero-order chi connectivity index (χ0) is 13.9. The molecule has 0 bridgehead atoms. The standard InChI is InChI=1S/C13H15F2NO3/c1-18-11-5-3-2-4-9(11)7-16-8-10-6-13(14,15)12(17)19-10/h2-5,10,16H,6-8H2,1H3. The Kier molecular flexibility index (Phi) is 3.99. The van der Waals surface area contributed by atoms with Crippen LogP contribution in [0.2, 0.25) is 0 Å². The fraction of sp³-hybridized carbons (Fsp3) is 0.462. The van der Waals surface area contributed by atoms with Crippen molar-refractivity contribution < 1.29 is 23.0 Å². The van der Waals surface area contributed by atoms with Crippen LogP contribution in [0.5, 0.6) is 5.75 Å². The number of hydrogen-bond donors (Lipinski definition) is 1. The van der Waals surface area contributed by atoms with Gasteiger partial charge in [0.25, 0.3) is 0 Å². The first kappa shape index (κ1) is 13.7. The molecule has 1 fully saturated rings. The third-order valence-electron chi connectivity index (χ3n) is 2.94. The van der Waals surface area contributed by atoms with Gasteiger partial charge in [-0.15, -0.1) is 0 Å². The average molecular weight is 271 g/mol. The maximum atomic E-state index is 12.9. The van der Waals surface area contributed by atoms with E-state index in [1.165, 1.54) is 0 Å². The zero-order valence-electron chi connectivity index (χ0n) is 10.5. The first-order chi connectivity index (χ1) is 9.03. The van der Waals surface area contributed by atoms with Crippen LogP contribution < -0.4 is 10.1 Å². The maximum Gasteiger partial charge on any atom is 0.377 e. The number of hydrogen-bond acceptors (Lipinski definition) is 4. The van der Waals surface area contributed by atoms with Gasteiger partial charge in [-0.25, -0.2) is 4.79 Å². The lowest BCUT2D eigenvalue weighted by Gasteiger charge is -2.12. The number of benzene rings is 1. The molecule has 104 valence electrons. The monoisotopic (exact) mass is 271 g/mol. The van der Waals surface area contributed by atoms with Gasteiger partial charge in [-0.05, 0) is 6.07 Å². The van der Waals surface area contributed by atoms with Crippen molar-refractivity contribution in [2.45, 2.75) is 25.0 Å². The largest absolute Gasteiger partial charge is 0.496 e. The minimum absolute atomic E-state index is 0.194. The topological polar surface area (TPSA) is 47.6 Å². The highest BCUT2D eigenvalue weighted by Gasteiger charge is 2.50. The van der Waals surface area contributed by atoms with Crippen LogP contribution in [0, 0.1) is 0 Å². The normalized spacial score (nSPS) is 21.2. The molecule has 1 aromatic carbocycles. The van der Waals surface area contributed by atoms with E-state index < -0.39 is 24.4 Å². The van der Waals surface area contributed by atoms with Gasteiger partial charge in [-0.2, -0.15) is 8.78 Å². The van der Waals surface area contributed by atoms with Crippen molar-refractivity contribution in [1.82, 2.24) is 5.32 Å². The highest BCUT2D eigenvalue weighted by molar-refractivity contribution is 5.79. The fourth-order valence-electron chi connectivity index (χ4n) is 1.98. The molecule has 1 aromatic rings. The van der Waals surface area contributed by atoms with Crippen LogP contribution >= 0.6 is 0 Å². The Hall–Kier alpha value is -1.69. The number of nitrogens with one attached hydrogen (secondary N) is 1. The molecule has 0 saturated carbocycles. The summed E-state index contributed by atoms with van der Waals surface area (Å²) in [5.74, 6) is -4.06. The third-order valence-corrected chi connectivity index (χ3v) is 2.94. The Morgan fingerprint density at radius 3 is 2.84 bits per heavy atom. The van der Waals surface area contributed by atoms with Crippen LogP contribution in [0.15, 0.2) is 24.3 Å². The minimum atomic E-state index is -3.35. The van der Waals surface area contributed by atoms with E-state index in [4.69, 9.17) is 4.74 Å². The predicted molar refractivity (Wildman–Crippen MR) is 64.1 cm³/mol. The Morgan fingerprint density at radius 1 is 1.47 bits per heavy atom. The lowest BCUT2D eigenvalue weighted by Crippen LogP contribution is -2.27. The quantitative estimate of drug-likeness (QED) is 0.829. The van der Waals surface area contributed by atoms with E-state index in [1.54, 1.807) is 7.11 Å². The Bertz CT molecular complexity index is 465. The second-order valence-electron chi connectivity index (χ2n) is 4.38. The highest BCUT2D eigenvalue weighted by Crippen LogP contribution is 2.30. The number of cyclic esters (lactones) is 1. The molecular weight excluding hydrogens is 256 g/mol. The van der Waals surface area contributed by atoms with Gasteiger partial charge in [0, 0.05) is 18.7 Å². The molecular formula is C13H15F2NO3. The molecule has 19 heavy (non-hydrogen) atoms. The number of carbonyl (C=O) groups is 1. The first-order valence-corrected chi connectivity index (χ1v) is 5.94. The molecule has 0 amide bonds. The molecule has 1 aliphatic heterocycles. The van der Waals surface area contributed by atoms with Gasteiger partial charge in [-0.1, -0.05) is 18.2 Å². The van der Waals surface area contributed by atoms with Crippen molar-refractivity contribution in [2.75, 3.05) is 13.7 Å². The summed E-state index contributed by atoms with van der Waals surface area (Å²) >= 11 is 0. The highest BCUT2D eigenvalue weighted by atomic mass is 19.3. The van der Waals surface area contributed by atoms with Crippen molar-refractivity contribution in [3.63, 3.8) is 0 Å². The van der Waals surface area contributed by atoms with Crippen LogP contribution in [0.25, 0.3) is 0 Å². The van der Waals surface area contributed by atoms with E-state index in [2.05, 4.69) is 10.1 Å². The molecule has 4 nitrogen and oxygen atoms in total. The Balaban J connectivity index is 1.83. The van der Waals surface area contributed by atoms with Gasteiger partial charge >= 0.3 is 11.9 Å². The van der Waals surface area contributed by atoms with Gasteiger partial charge in [0.2, 0.25) is 0 Å². The molecule has 1 atom stereocenters.